The number of nitrogens with one attached hydrogen (secondary N) is 2. The molecule has 0 fully saturated rings. The normalized spacial score (nSPS) is 11.6. The van der Waals surface area contributed by atoms with Gasteiger partial charge in [-0.15, -0.1) is 0 Å². The predicted octanol–water partition coefficient (Wildman–Crippen LogP) is 1.46. The van der Waals surface area contributed by atoms with Crippen molar-refractivity contribution >= 4 is 15.9 Å². The molecule has 21 heavy (non-hydrogen) atoms. The number of aryl methyl sites for hydroxylation is 1. The highest BCUT2D eigenvalue weighted by molar-refractivity contribution is 7.89. The lowest BCUT2D eigenvalue weighted by Gasteiger charge is -2.05. The Balaban J connectivity index is 2.47. The number of nitrogens with two attached hydrogens (primary N) is 1. The van der Waals surface area contributed by atoms with E-state index in [1.807, 2.05) is 0 Å². The van der Waals surface area contributed by atoms with E-state index in [0.29, 0.717) is 6.54 Å². The van der Waals surface area contributed by atoms with Crippen molar-refractivity contribution in [3.05, 3.63) is 11.4 Å². The van der Waals surface area contributed by atoms with E-state index in [1.165, 1.54) is 26.2 Å². The molecule has 0 saturated carbocycles. The van der Waals surface area contributed by atoms with Crippen LogP contribution in [-0.4, -0.2) is 31.1 Å². The zero-order valence-electron chi connectivity index (χ0n) is 12.6. The van der Waals surface area contributed by atoms with Gasteiger partial charge in [0.25, 0.3) is 5.91 Å². The lowest BCUT2D eigenvalue weighted by Crippen LogP contribution is -2.27. The second-order valence-corrected chi connectivity index (χ2v) is 6.59. The molecule has 0 saturated heterocycles. The van der Waals surface area contributed by atoms with E-state index in [4.69, 9.17) is 5.14 Å². The highest BCUT2D eigenvalue weighted by Gasteiger charge is 2.25. The molecule has 0 bridgehead atoms. The van der Waals surface area contributed by atoms with Crippen LogP contribution in [0.4, 0.5) is 0 Å². The van der Waals surface area contributed by atoms with Crippen LogP contribution in [0.25, 0.3) is 0 Å². The monoisotopic (exact) mass is 316 g/mol. The van der Waals surface area contributed by atoms with E-state index in [2.05, 4.69) is 22.4 Å². The van der Waals surface area contributed by atoms with Crippen molar-refractivity contribution in [3.63, 3.8) is 0 Å². The smallest absolute Gasteiger partial charge is 0.273 e. The molecule has 1 aromatic heterocycles. The summed E-state index contributed by atoms with van der Waals surface area (Å²) >= 11 is 0. The minimum atomic E-state index is -3.97. The fourth-order valence-electron chi connectivity index (χ4n) is 2.11. The maximum absolute atomic E-state index is 11.9. The zero-order valence-corrected chi connectivity index (χ0v) is 13.4. The van der Waals surface area contributed by atoms with Gasteiger partial charge in [-0.05, 0) is 13.3 Å². The zero-order chi connectivity index (χ0) is 15.9. The van der Waals surface area contributed by atoms with Gasteiger partial charge in [-0.1, -0.05) is 39.0 Å². The Morgan fingerprint density at radius 1 is 1.24 bits per heavy atom. The number of hydrogen-bond acceptors (Lipinski definition) is 4. The van der Waals surface area contributed by atoms with Gasteiger partial charge in [0.15, 0.2) is 5.69 Å². The molecule has 0 aliphatic carbocycles. The average Bonchev–Trinajstić information content (AvgIpc) is 2.79. The molecule has 0 aliphatic rings. The molecule has 1 heterocycles. The summed E-state index contributed by atoms with van der Waals surface area (Å²) in [6, 6.07) is 0. The second kappa shape index (κ2) is 8.14. The molecule has 0 unspecified atom stereocenters. The lowest BCUT2D eigenvalue weighted by atomic mass is 10.1. The molecule has 1 amide bonds. The van der Waals surface area contributed by atoms with Crippen LogP contribution in [0.15, 0.2) is 4.90 Å². The number of carbonyl (C=O) groups excluding carboxylic acids is 1. The SMILES string of the molecule is CCCCCCCCNC(=O)c1n[nH]c(C)c1S(N)(=O)=O. The topological polar surface area (TPSA) is 118 Å². The maximum Gasteiger partial charge on any atom is 0.273 e. The van der Waals surface area contributed by atoms with Gasteiger partial charge in [-0.2, -0.15) is 5.10 Å². The molecule has 120 valence electrons. The quantitative estimate of drug-likeness (QED) is 0.597. The van der Waals surface area contributed by atoms with Gasteiger partial charge >= 0.3 is 0 Å². The van der Waals surface area contributed by atoms with Crippen molar-refractivity contribution in [1.82, 2.24) is 15.5 Å². The van der Waals surface area contributed by atoms with E-state index >= 15 is 0 Å². The number of unbranched alkanes of at least 4 members (excludes halogenated alkanes) is 5. The van der Waals surface area contributed by atoms with E-state index in [1.54, 1.807) is 0 Å². The number of rotatable bonds is 9. The Labute approximate surface area is 125 Å². The van der Waals surface area contributed by atoms with Crippen LogP contribution in [0.2, 0.25) is 0 Å². The first-order valence-corrected chi connectivity index (χ1v) is 8.78. The van der Waals surface area contributed by atoms with Crippen LogP contribution in [0.5, 0.6) is 0 Å². The molecule has 0 aliphatic heterocycles. The van der Waals surface area contributed by atoms with E-state index < -0.39 is 15.9 Å². The Hall–Kier alpha value is -1.41. The van der Waals surface area contributed by atoms with Gasteiger partial charge in [0, 0.05) is 6.54 Å². The van der Waals surface area contributed by atoms with Crippen LogP contribution in [0, 0.1) is 6.92 Å². The van der Waals surface area contributed by atoms with Crippen LogP contribution < -0.4 is 10.5 Å². The van der Waals surface area contributed by atoms with Crippen molar-refractivity contribution in [2.24, 2.45) is 5.14 Å². The van der Waals surface area contributed by atoms with Crippen molar-refractivity contribution in [3.8, 4) is 0 Å². The first-order chi connectivity index (χ1) is 9.88. The summed E-state index contributed by atoms with van der Waals surface area (Å²) in [7, 11) is -3.97. The summed E-state index contributed by atoms with van der Waals surface area (Å²) in [5.74, 6) is -0.517. The number of nitrogens with zero attached hydrogens (tertiary/aromatic N) is 1. The fourth-order valence-corrected chi connectivity index (χ4v) is 2.99. The van der Waals surface area contributed by atoms with Crippen molar-refractivity contribution in [2.45, 2.75) is 57.3 Å². The second-order valence-electron chi connectivity index (χ2n) is 5.10. The lowest BCUT2D eigenvalue weighted by molar-refractivity contribution is 0.0944. The van der Waals surface area contributed by atoms with Crippen LogP contribution >= 0.6 is 0 Å². The summed E-state index contributed by atoms with van der Waals surface area (Å²) in [5.41, 5.74) is 0.100. The summed E-state index contributed by atoms with van der Waals surface area (Å²) < 4.78 is 22.9. The van der Waals surface area contributed by atoms with Gasteiger partial charge in [0.05, 0.1) is 5.69 Å². The Morgan fingerprint density at radius 3 is 2.48 bits per heavy atom. The minimum absolute atomic E-state index is 0.166. The minimum Gasteiger partial charge on any atom is -0.351 e. The third-order valence-electron chi connectivity index (χ3n) is 3.21. The van der Waals surface area contributed by atoms with Gasteiger partial charge in [0.2, 0.25) is 10.0 Å². The number of aromatic amines is 1. The van der Waals surface area contributed by atoms with Gasteiger partial charge in [-0.3, -0.25) is 9.89 Å². The Bertz CT molecular complexity index is 566. The van der Waals surface area contributed by atoms with E-state index in [-0.39, 0.29) is 16.3 Å². The van der Waals surface area contributed by atoms with Gasteiger partial charge < -0.3 is 5.32 Å². The van der Waals surface area contributed by atoms with Crippen molar-refractivity contribution in [2.75, 3.05) is 6.54 Å². The number of carbonyl (C=O) groups is 1. The largest absolute Gasteiger partial charge is 0.351 e. The fraction of sp³-hybridized carbons (Fsp3) is 0.692. The molecule has 0 spiro atoms. The highest BCUT2D eigenvalue weighted by Crippen LogP contribution is 2.15. The number of amides is 1. The molecule has 8 heteroatoms. The molecule has 1 rings (SSSR count). The molecule has 1 aromatic rings. The Morgan fingerprint density at radius 2 is 1.86 bits per heavy atom. The standard InChI is InChI=1S/C13H24N4O3S/c1-3-4-5-6-7-8-9-15-13(18)11-12(21(14,19)20)10(2)16-17-11/h3-9H2,1-2H3,(H,15,18)(H,16,17)(H2,14,19,20). The summed E-state index contributed by atoms with van der Waals surface area (Å²) in [5, 5.41) is 14.0. The van der Waals surface area contributed by atoms with Crippen LogP contribution in [0.1, 0.15) is 61.6 Å². The van der Waals surface area contributed by atoms with Crippen molar-refractivity contribution in [1.29, 1.82) is 0 Å². The number of sulfonamides is 1. The first-order valence-electron chi connectivity index (χ1n) is 7.24. The highest BCUT2D eigenvalue weighted by atomic mass is 32.2. The number of hydrogen-bond donors (Lipinski definition) is 3. The van der Waals surface area contributed by atoms with Gasteiger partial charge in [0.1, 0.15) is 4.90 Å². The average molecular weight is 316 g/mol. The molecule has 7 nitrogen and oxygen atoms in total. The van der Waals surface area contributed by atoms with E-state index in [0.717, 1.165) is 19.3 Å². The first kappa shape index (κ1) is 17.6. The Kier molecular flexibility index (Phi) is 6.83. The molecule has 0 atom stereocenters. The summed E-state index contributed by atoms with van der Waals surface area (Å²) in [4.78, 5) is 11.7. The molecular formula is C13H24N4O3S. The van der Waals surface area contributed by atoms with Crippen molar-refractivity contribution < 1.29 is 13.2 Å². The molecule has 0 radical (unpaired) electrons. The third-order valence-corrected chi connectivity index (χ3v) is 4.28. The van der Waals surface area contributed by atoms with E-state index in [9.17, 15) is 13.2 Å². The number of primary sulfonamides is 1. The predicted molar refractivity (Wildman–Crippen MR) is 80.4 cm³/mol. The molecular weight excluding hydrogens is 292 g/mol. The van der Waals surface area contributed by atoms with Gasteiger partial charge in [-0.25, -0.2) is 13.6 Å². The third kappa shape index (κ3) is 5.47. The maximum atomic E-state index is 11.9. The van der Waals surface area contributed by atoms with Crippen LogP contribution in [0.3, 0.4) is 0 Å². The summed E-state index contributed by atoms with van der Waals surface area (Å²) in [6.07, 6.45) is 6.69. The van der Waals surface area contributed by atoms with Crippen LogP contribution in [-0.2, 0) is 10.0 Å². The number of aromatic nitrogens is 2. The molecule has 0 aromatic carbocycles. The summed E-state index contributed by atoms with van der Waals surface area (Å²) in [6.45, 7) is 4.17. The number of H-pyrrole nitrogens is 1. The molecule has 4 N–H and O–H groups in total.